The molecule has 4 nitrogen and oxygen atoms in total. The number of nitrogens with zero attached hydrogens (tertiary/aromatic N) is 2. The number of hydrogen-bond donors (Lipinski definition) is 1. The lowest BCUT2D eigenvalue weighted by Gasteiger charge is -2.06. The number of nitrogens with two attached hydrogens (primary N) is 1. The normalized spacial score (nSPS) is 10.6. The fourth-order valence-electron chi connectivity index (χ4n) is 2.10. The summed E-state index contributed by atoms with van der Waals surface area (Å²) in [6.07, 6.45) is 1.98. The first-order chi connectivity index (χ1) is 8.67. The Bertz CT molecular complexity index is 546. The third-order valence-electron chi connectivity index (χ3n) is 3.01. The highest BCUT2D eigenvalue weighted by atomic mass is 16.5. The number of anilines is 1. The van der Waals surface area contributed by atoms with E-state index in [0.29, 0.717) is 5.82 Å². The highest BCUT2D eigenvalue weighted by Crippen LogP contribution is 2.32. The molecule has 0 radical (unpaired) electrons. The van der Waals surface area contributed by atoms with Crippen molar-refractivity contribution >= 4 is 5.82 Å². The Morgan fingerprint density at radius 2 is 2.17 bits per heavy atom. The first-order valence-electron chi connectivity index (χ1n) is 6.13. The second kappa shape index (κ2) is 5.12. The zero-order chi connectivity index (χ0) is 13.1. The number of methoxy groups -OCH3 is 1. The minimum atomic E-state index is 0.701. The van der Waals surface area contributed by atoms with Crippen LogP contribution in [-0.4, -0.2) is 16.9 Å². The molecule has 1 aromatic carbocycles. The predicted octanol–water partition coefficient (Wildman–Crippen LogP) is 2.63. The molecule has 2 aromatic rings. The molecule has 0 spiro atoms. The highest BCUT2D eigenvalue weighted by Gasteiger charge is 2.15. The van der Waals surface area contributed by atoms with Gasteiger partial charge in [-0.3, -0.25) is 4.68 Å². The molecule has 0 fully saturated rings. The van der Waals surface area contributed by atoms with E-state index in [2.05, 4.69) is 12.0 Å². The van der Waals surface area contributed by atoms with Crippen LogP contribution in [0.15, 0.2) is 24.3 Å². The highest BCUT2D eigenvalue weighted by molar-refractivity contribution is 5.77. The van der Waals surface area contributed by atoms with Crippen LogP contribution in [0.25, 0.3) is 11.1 Å². The molecule has 0 saturated carbocycles. The van der Waals surface area contributed by atoms with E-state index < -0.39 is 0 Å². The van der Waals surface area contributed by atoms with Crippen LogP contribution < -0.4 is 10.5 Å². The van der Waals surface area contributed by atoms with Gasteiger partial charge in [0.25, 0.3) is 0 Å². The van der Waals surface area contributed by atoms with Crippen LogP contribution in [-0.2, 0) is 13.5 Å². The van der Waals surface area contributed by atoms with Gasteiger partial charge in [0, 0.05) is 12.6 Å². The molecule has 18 heavy (non-hydrogen) atoms. The summed E-state index contributed by atoms with van der Waals surface area (Å²) in [5.74, 6) is 1.53. The molecule has 96 valence electrons. The van der Waals surface area contributed by atoms with Crippen LogP contribution in [0.1, 0.15) is 19.0 Å². The maximum absolute atomic E-state index is 6.12. The Hall–Kier alpha value is -1.97. The van der Waals surface area contributed by atoms with Crippen molar-refractivity contribution in [3.05, 3.63) is 30.0 Å². The van der Waals surface area contributed by atoms with Crippen LogP contribution in [0.2, 0.25) is 0 Å². The fraction of sp³-hybridized carbons (Fsp3) is 0.357. The Morgan fingerprint density at radius 1 is 1.39 bits per heavy atom. The summed E-state index contributed by atoms with van der Waals surface area (Å²) in [4.78, 5) is 0. The van der Waals surface area contributed by atoms with Gasteiger partial charge in [0.15, 0.2) is 0 Å². The van der Waals surface area contributed by atoms with Gasteiger partial charge in [-0.15, -0.1) is 0 Å². The standard InChI is InChI=1S/C14H19N3O/c1-4-6-12-13(14(15)17(2)16-12)10-7-5-8-11(9-10)18-3/h5,7-9H,4,6,15H2,1-3H3. The lowest BCUT2D eigenvalue weighted by Crippen LogP contribution is -1.98. The van der Waals surface area contributed by atoms with Crippen molar-refractivity contribution in [2.75, 3.05) is 12.8 Å². The van der Waals surface area contributed by atoms with Crippen molar-refractivity contribution in [3.63, 3.8) is 0 Å². The summed E-state index contributed by atoms with van der Waals surface area (Å²) in [5, 5.41) is 4.48. The van der Waals surface area contributed by atoms with Crippen molar-refractivity contribution in [2.45, 2.75) is 19.8 Å². The molecule has 0 atom stereocenters. The molecule has 0 bridgehead atoms. The summed E-state index contributed by atoms with van der Waals surface area (Å²) in [6.45, 7) is 2.14. The van der Waals surface area contributed by atoms with Crippen LogP contribution in [0.4, 0.5) is 5.82 Å². The average molecular weight is 245 g/mol. The minimum Gasteiger partial charge on any atom is -0.497 e. The molecule has 2 N–H and O–H groups in total. The average Bonchev–Trinajstić information content (AvgIpc) is 2.65. The minimum absolute atomic E-state index is 0.701. The van der Waals surface area contributed by atoms with E-state index in [1.54, 1.807) is 11.8 Å². The smallest absolute Gasteiger partial charge is 0.129 e. The Morgan fingerprint density at radius 3 is 2.83 bits per heavy atom. The second-order valence-electron chi connectivity index (χ2n) is 4.31. The molecule has 0 unspecified atom stereocenters. The molecule has 0 aliphatic carbocycles. The van der Waals surface area contributed by atoms with Crippen molar-refractivity contribution in [1.29, 1.82) is 0 Å². The van der Waals surface area contributed by atoms with Gasteiger partial charge in [-0.25, -0.2) is 0 Å². The first kappa shape index (κ1) is 12.5. The maximum atomic E-state index is 6.12. The Labute approximate surface area is 107 Å². The van der Waals surface area contributed by atoms with E-state index in [1.165, 1.54) is 0 Å². The Balaban J connectivity index is 2.54. The van der Waals surface area contributed by atoms with E-state index in [-0.39, 0.29) is 0 Å². The molecule has 4 heteroatoms. The van der Waals surface area contributed by atoms with Crippen LogP contribution >= 0.6 is 0 Å². The molecule has 0 amide bonds. The van der Waals surface area contributed by atoms with E-state index >= 15 is 0 Å². The second-order valence-corrected chi connectivity index (χ2v) is 4.31. The van der Waals surface area contributed by atoms with Gasteiger partial charge >= 0.3 is 0 Å². The number of aryl methyl sites for hydroxylation is 2. The van der Waals surface area contributed by atoms with E-state index in [4.69, 9.17) is 10.5 Å². The van der Waals surface area contributed by atoms with Gasteiger partial charge in [-0.2, -0.15) is 5.10 Å². The monoisotopic (exact) mass is 245 g/mol. The molecule has 0 saturated heterocycles. The number of ether oxygens (including phenoxy) is 1. The number of hydrogen-bond acceptors (Lipinski definition) is 3. The van der Waals surface area contributed by atoms with Crippen LogP contribution in [0, 0.1) is 0 Å². The zero-order valence-electron chi connectivity index (χ0n) is 11.1. The first-order valence-corrected chi connectivity index (χ1v) is 6.13. The van der Waals surface area contributed by atoms with Gasteiger partial charge in [0.1, 0.15) is 11.6 Å². The topological polar surface area (TPSA) is 53.1 Å². The quantitative estimate of drug-likeness (QED) is 0.900. The van der Waals surface area contributed by atoms with Crippen molar-refractivity contribution in [3.8, 4) is 16.9 Å². The molecular weight excluding hydrogens is 226 g/mol. The molecule has 2 rings (SSSR count). The van der Waals surface area contributed by atoms with Crippen LogP contribution in [0.5, 0.6) is 5.75 Å². The van der Waals surface area contributed by atoms with Gasteiger partial charge in [0.2, 0.25) is 0 Å². The van der Waals surface area contributed by atoms with Crippen molar-refractivity contribution < 1.29 is 4.74 Å². The van der Waals surface area contributed by atoms with Gasteiger partial charge in [-0.05, 0) is 24.1 Å². The SMILES string of the molecule is CCCc1nn(C)c(N)c1-c1cccc(OC)c1. The van der Waals surface area contributed by atoms with Crippen molar-refractivity contribution in [2.24, 2.45) is 7.05 Å². The molecular formula is C14H19N3O. The van der Waals surface area contributed by atoms with Crippen molar-refractivity contribution in [1.82, 2.24) is 9.78 Å². The van der Waals surface area contributed by atoms with Gasteiger partial charge < -0.3 is 10.5 Å². The molecule has 1 heterocycles. The molecule has 0 aliphatic rings. The number of rotatable bonds is 4. The summed E-state index contributed by atoms with van der Waals surface area (Å²) in [5.41, 5.74) is 9.25. The molecule has 1 aromatic heterocycles. The fourth-order valence-corrected chi connectivity index (χ4v) is 2.10. The third kappa shape index (κ3) is 2.18. The van der Waals surface area contributed by atoms with E-state index in [9.17, 15) is 0 Å². The van der Waals surface area contributed by atoms with E-state index in [0.717, 1.165) is 35.4 Å². The number of aromatic nitrogens is 2. The number of nitrogen functional groups attached to an aromatic ring is 1. The Kier molecular flexibility index (Phi) is 3.55. The van der Waals surface area contributed by atoms with Gasteiger partial charge in [0.05, 0.1) is 12.8 Å². The zero-order valence-corrected chi connectivity index (χ0v) is 11.1. The molecule has 0 aliphatic heterocycles. The predicted molar refractivity (Wildman–Crippen MR) is 73.6 cm³/mol. The lowest BCUT2D eigenvalue weighted by atomic mass is 10.0. The third-order valence-corrected chi connectivity index (χ3v) is 3.01. The van der Waals surface area contributed by atoms with Crippen LogP contribution in [0.3, 0.4) is 0 Å². The van der Waals surface area contributed by atoms with E-state index in [1.807, 2.05) is 31.3 Å². The largest absolute Gasteiger partial charge is 0.497 e. The summed E-state index contributed by atoms with van der Waals surface area (Å²) in [7, 11) is 3.54. The summed E-state index contributed by atoms with van der Waals surface area (Å²) < 4.78 is 6.99. The lowest BCUT2D eigenvalue weighted by molar-refractivity contribution is 0.415. The maximum Gasteiger partial charge on any atom is 0.129 e. The number of benzene rings is 1. The summed E-state index contributed by atoms with van der Waals surface area (Å²) in [6, 6.07) is 7.92. The summed E-state index contributed by atoms with van der Waals surface area (Å²) >= 11 is 0. The van der Waals surface area contributed by atoms with Gasteiger partial charge in [-0.1, -0.05) is 25.5 Å².